The molecule has 2 aromatic rings. The summed E-state index contributed by atoms with van der Waals surface area (Å²) in [6.45, 7) is 1.77. The molecule has 0 spiro atoms. The van der Waals surface area contributed by atoms with E-state index in [1.807, 2.05) is 0 Å². The van der Waals surface area contributed by atoms with E-state index < -0.39 is 11.8 Å². The van der Waals surface area contributed by atoms with Gasteiger partial charge in [0, 0.05) is 6.07 Å². The third-order valence-electron chi connectivity index (χ3n) is 3.77. The lowest BCUT2D eigenvalue weighted by molar-refractivity contribution is -0.122. The van der Waals surface area contributed by atoms with Crippen molar-refractivity contribution in [2.45, 2.75) is 6.92 Å². The number of benzene rings is 1. The topological polar surface area (TPSA) is 81.0 Å². The lowest BCUT2D eigenvalue weighted by atomic mass is 10.1. The molecule has 7 nitrogen and oxygen atoms in total. The molecule has 8 heteroatoms. The largest absolute Gasteiger partial charge is 0.493 e. The van der Waals surface area contributed by atoms with E-state index in [9.17, 15) is 9.59 Å². The summed E-state index contributed by atoms with van der Waals surface area (Å²) in [5.74, 6) is 0.891. The Morgan fingerprint density at radius 2 is 1.85 bits per heavy atom. The lowest BCUT2D eigenvalue weighted by Gasteiger charge is -2.29. The maximum atomic E-state index is 12.9. The van der Waals surface area contributed by atoms with Gasteiger partial charge in [-0.3, -0.25) is 19.8 Å². The lowest BCUT2D eigenvalue weighted by Crippen LogP contribution is -2.54. The highest BCUT2D eigenvalue weighted by Crippen LogP contribution is 2.33. The van der Waals surface area contributed by atoms with Crippen LogP contribution in [0.25, 0.3) is 6.08 Å². The number of carbonyl (C=O) groups is 2. The van der Waals surface area contributed by atoms with Gasteiger partial charge in [0.2, 0.25) is 0 Å². The first-order valence-corrected chi connectivity index (χ1v) is 8.05. The minimum Gasteiger partial charge on any atom is -0.493 e. The second kappa shape index (κ2) is 7.01. The van der Waals surface area contributed by atoms with Gasteiger partial charge in [0.05, 0.1) is 19.9 Å². The number of rotatable bonds is 4. The van der Waals surface area contributed by atoms with Crippen LogP contribution < -0.4 is 19.7 Å². The van der Waals surface area contributed by atoms with E-state index in [1.54, 1.807) is 37.3 Å². The van der Waals surface area contributed by atoms with Crippen molar-refractivity contribution < 1.29 is 23.5 Å². The number of nitrogens with zero attached hydrogens (tertiary/aromatic N) is 1. The van der Waals surface area contributed by atoms with E-state index in [1.165, 1.54) is 25.2 Å². The number of nitrogens with one attached hydrogen (secondary N) is 1. The molecule has 26 heavy (non-hydrogen) atoms. The number of furan rings is 1. The molecule has 0 radical (unpaired) electrons. The summed E-state index contributed by atoms with van der Waals surface area (Å²) in [6, 6.07) is 8.33. The van der Waals surface area contributed by atoms with Crippen LogP contribution in [0.15, 0.2) is 40.3 Å². The number of hydrogen-bond donors (Lipinski definition) is 1. The summed E-state index contributed by atoms with van der Waals surface area (Å²) in [4.78, 5) is 26.4. The monoisotopic (exact) mass is 372 g/mol. The van der Waals surface area contributed by atoms with Crippen molar-refractivity contribution in [2.75, 3.05) is 19.1 Å². The van der Waals surface area contributed by atoms with Crippen molar-refractivity contribution in [2.24, 2.45) is 0 Å². The number of ether oxygens (including phenoxy) is 2. The second-order valence-electron chi connectivity index (χ2n) is 5.45. The van der Waals surface area contributed by atoms with Crippen LogP contribution in [0.3, 0.4) is 0 Å². The predicted molar refractivity (Wildman–Crippen MR) is 99.2 cm³/mol. The zero-order chi connectivity index (χ0) is 18.8. The number of methoxy groups -OCH3 is 2. The van der Waals surface area contributed by atoms with Crippen LogP contribution in [-0.2, 0) is 9.59 Å². The zero-order valence-electron chi connectivity index (χ0n) is 14.4. The summed E-state index contributed by atoms with van der Waals surface area (Å²) in [5, 5.41) is 2.50. The van der Waals surface area contributed by atoms with E-state index in [4.69, 9.17) is 26.1 Å². The van der Waals surface area contributed by atoms with Crippen molar-refractivity contribution >= 4 is 40.9 Å². The van der Waals surface area contributed by atoms with Crippen LogP contribution >= 0.6 is 12.2 Å². The van der Waals surface area contributed by atoms with Gasteiger partial charge in [-0.2, -0.15) is 0 Å². The Balaban J connectivity index is 2.02. The van der Waals surface area contributed by atoms with Crippen molar-refractivity contribution in [3.8, 4) is 11.5 Å². The number of amides is 2. The highest BCUT2D eigenvalue weighted by molar-refractivity contribution is 7.80. The van der Waals surface area contributed by atoms with Gasteiger partial charge in [-0.15, -0.1) is 0 Å². The minimum absolute atomic E-state index is 0.0139. The minimum atomic E-state index is -0.578. The quantitative estimate of drug-likeness (QED) is 0.504. The molecule has 1 aliphatic rings. The van der Waals surface area contributed by atoms with Crippen molar-refractivity contribution in [3.63, 3.8) is 0 Å². The average molecular weight is 372 g/mol. The van der Waals surface area contributed by atoms with Crippen molar-refractivity contribution in [1.29, 1.82) is 0 Å². The van der Waals surface area contributed by atoms with Gasteiger partial charge < -0.3 is 13.9 Å². The Labute approximate surface area is 155 Å². The molecular formula is C18H16N2O5S. The molecule has 1 aliphatic heterocycles. The van der Waals surface area contributed by atoms with E-state index in [-0.39, 0.29) is 10.7 Å². The molecule has 0 aliphatic carbocycles. The molecule has 0 bridgehead atoms. The second-order valence-corrected chi connectivity index (χ2v) is 5.83. The van der Waals surface area contributed by atoms with E-state index >= 15 is 0 Å². The van der Waals surface area contributed by atoms with Gasteiger partial charge in [0.25, 0.3) is 11.8 Å². The smallest absolute Gasteiger partial charge is 0.270 e. The molecule has 0 atom stereocenters. The summed E-state index contributed by atoms with van der Waals surface area (Å²) < 4.78 is 15.9. The number of aryl methyl sites for hydroxylation is 1. The summed E-state index contributed by atoms with van der Waals surface area (Å²) in [7, 11) is 3.00. The Morgan fingerprint density at radius 3 is 2.46 bits per heavy atom. The SMILES string of the molecule is COc1ccc(N2C(=O)/C(=C\c3ccc(C)o3)C(=O)NC2=S)cc1OC. The number of thiocarbonyl (C=S) groups is 1. The summed E-state index contributed by atoms with van der Waals surface area (Å²) >= 11 is 5.18. The van der Waals surface area contributed by atoms with Crippen molar-refractivity contribution in [1.82, 2.24) is 5.32 Å². The molecule has 0 saturated carbocycles. The molecule has 1 saturated heterocycles. The first kappa shape index (κ1) is 17.7. The van der Waals surface area contributed by atoms with Crippen LogP contribution in [0, 0.1) is 6.92 Å². The number of anilines is 1. The normalized spacial score (nSPS) is 16.0. The van der Waals surface area contributed by atoms with E-state index in [2.05, 4.69) is 5.32 Å². The molecule has 1 fully saturated rings. The van der Waals surface area contributed by atoms with Crippen LogP contribution in [-0.4, -0.2) is 31.1 Å². The van der Waals surface area contributed by atoms with Gasteiger partial charge in [0.1, 0.15) is 17.1 Å². The van der Waals surface area contributed by atoms with Gasteiger partial charge in [-0.1, -0.05) is 0 Å². The fourth-order valence-corrected chi connectivity index (χ4v) is 2.81. The van der Waals surface area contributed by atoms with Crippen LogP contribution in [0.1, 0.15) is 11.5 Å². The Bertz CT molecular complexity index is 931. The standard InChI is InChI=1S/C18H16N2O5S/c1-10-4-6-12(25-10)9-13-16(21)19-18(26)20(17(13)22)11-5-7-14(23-2)15(8-11)24-3/h4-9H,1-3H3,(H,19,21,26)/b13-9-. The molecule has 2 heterocycles. The Hall–Kier alpha value is -3.13. The van der Waals surface area contributed by atoms with Crippen LogP contribution in [0.4, 0.5) is 5.69 Å². The molecule has 0 unspecified atom stereocenters. The van der Waals surface area contributed by atoms with Gasteiger partial charge >= 0.3 is 0 Å². The maximum Gasteiger partial charge on any atom is 0.270 e. The fourth-order valence-electron chi connectivity index (χ4n) is 2.53. The Morgan fingerprint density at radius 1 is 1.12 bits per heavy atom. The van der Waals surface area contributed by atoms with Gasteiger partial charge in [-0.05, 0) is 49.5 Å². The predicted octanol–water partition coefficient (Wildman–Crippen LogP) is 2.44. The summed E-state index contributed by atoms with van der Waals surface area (Å²) in [6.07, 6.45) is 1.39. The number of carbonyl (C=O) groups excluding carboxylic acids is 2. The van der Waals surface area contributed by atoms with E-state index in [0.717, 1.165) is 0 Å². The Kier molecular flexibility index (Phi) is 4.77. The van der Waals surface area contributed by atoms with Gasteiger partial charge in [-0.25, -0.2) is 0 Å². The maximum absolute atomic E-state index is 12.9. The number of hydrogen-bond acceptors (Lipinski definition) is 6. The van der Waals surface area contributed by atoms with Gasteiger partial charge in [0.15, 0.2) is 16.6 Å². The average Bonchev–Trinajstić information content (AvgIpc) is 3.03. The molecule has 134 valence electrons. The molecule has 3 rings (SSSR count). The first-order valence-electron chi connectivity index (χ1n) is 7.64. The third-order valence-corrected chi connectivity index (χ3v) is 4.06. The molecule has 1 aromatic carbocycles. The fraction of sp³-hybridized carbons (Fsp3) is 0.167. The molecular weight excluding hydrogens is 356 g/mol. The van der Waals surface area contributed by atoms with E-state index in [0.29, 0.717) is 28.7 Å². The first-order chi connectivity index (χ1) is 12.4. The zero-order valence-corrected chi connectivity index (χ0v) is 15.2. The highest BCUT2D eigenvalue weighted by Gasteiger charge is 2.35. The highest BCUT2D eigenvalue weighted by atomic mass is 32.1. The van der Waals surface area contributed by atoms with Crippen LogP contribution in [0.2, 0.25) is 0 Å². The van der Waals surface area contributed by atoms with Crippen molar-refractivity contribution in [3.05, 3.63) is 47.4 Å². The third kappa shape index (κ3) is 3.18. The summed E-state index contributed by atoms with van der Waals surface area (Å²) in [5.41, 5.74) is 0.363. The molecule has 1 N–H and O–H groups in total. The molecule has 2 amide bonds. The molecule has 1 aromatic heterocycles. The van der Waals surface area contributed by atoms with Crippen LogP contribution in [0.5, 0.6) is 11.5 Å².